The summed E-state index contributed by atoms with van der Waals surface area (Å²) in [4.78, 5) is 16.6. The number of para-hydroxylation sites is 1. The van der Waals surface area contributed by atoms with Crippen LogP contribution in [0.4, 0.5) is 0 Å². The number of fused-ring (bicyclic) bond motifs is 1. The molecule has 1 atom stereocenters. The van der Waals surface area contributed by atoms with E-state index >= 15 is 0 Å². The van der Waals surface area contributed by atoms with Crippen molar-refractivity contribution < 1.29 is 27.4 Å². The van der Waals surface area contributed by atoms with Gasteiger partial charge in [0.2, 0.25) is 0 Å². The SMILES string of the molecule is COC(=O)CC1(CS(=O)(=O)c2ccc(OCc3cc(C)nc4ccccc34)cc2)CCOC1. The van der Waals surface area contributed by atoms with Crippen LogP contribution in [0.5, 0.6) is 5.75 Å². The van der Waals surface area contributed by atoms with Gasteiger partial charge in [0.1, 0.15) is 12.4 Å². The number of ether oxygens (including phenoxy) is 3. The number of aryl methyl sites for hydroxylation is 1. The number of methoxy groups -OCH3 is 1. The number of carbonyl (C=O) groups excluding carboxylic acids is 1. The van der Waals surface area contributed by atoms with Gasteiger partial charge in [-0.1, -0.05) is 18.2 Å². The number of rotatable bonds is 8. The van der Waals surface area contributed by atoms with Crippen LogP contribution in [0, 0.1) is 12.3 Å². The monoisotopic (exact) mass is 469 g/mol. The van der Waals surface area contributed by atoms with Gasteiger partial charge in [0.25, 0.3) is 0 Å². The molecule has 0 bridgehead atoms. The number of nitrogens with zero attached hydrogens (tertiary/aromatic N) is 1. The highest BCUT2D eigenvalue weighted by Gasteiger charge is 2.42. The summed E-state index contributed by atoms with van der Waals surface area (Å²) in [5, 5.41) is 1.02. The third kappa shape index (κ3) is 5.34. The van der Waals surface area contributed by atoms with Gasteiger partial charge in [-0.05, 0) is 49.7 Å². The maximum atomic E-state index is 13.1. The van der Waals surface area contributed by atoms with Crippen molar-refractivity contribution in [2.24, 2.45) is 5.41 Å². The smallest absolute Gasteiger partial charge is 0.306 e. The van der Waals surface area contributed by atoms with Crippen molar-refractivity contribution >= 4 is 26.7 Å². The van der Waals surface area contributed by atoms with Crippen molar-refractivity contribution in [3.8, 4) is 5.75 Å². The van der Waals surface area contributed by atoms with Crippen molar-refractivity contribution in [2.75, 3.05) is 26.1 Å². The first-order valence-corrected chi connectivity index (χ1v) is 12.4. The highest BCUT2D eigenvalue weighted by atomic mass is 32.2. The van der Waals surface area contributed by atoms with E-state index in [4.69, 9.17) is 14.2 Å². The van der Waals surface area contributed by atoms with Crippen molar-refractivity contribution in [2.45, 2.75) is 31.3 Å². The Morgan fingerprint density at radius 2 is 1.91 bits per heavy atom. The molecule has 8 heteroatoms. The fourth-order valence-electron chi connectivity index (χ4n) is 4.24. The normalized spacial score (nSPS) is 18.4. The van der Waals surface area contributed by atoms with Crippen LogP contribution in [0.25, 0.3) is 10.9 Å². The molecule has 7 nitrogen and oxygen atoms in total. The molecule has 1 aliphatic heterocycles. The Kier molecular flexibility index (Phi) is 6.67. The molecule has 0 radical (unpaired) electrons. The summed E-state index contributed by atoms with van der Waals surface area (Å²) in [6.07, 6.45) is 0.519. The van der Waals surface area contributed by atoms with Gasteiger partial charge < -0.3 is 14.2 Å². The van der Waals surface area contributed by atoms with Crippen molar-refractivity contribution in [3.05, 3.63) is 65.9 Å². The van der Waals surface area contributed by atoms with Gasteiger partial charge in [0.15, 0.2) is 9.84 Å². The number of sulfone groups is 1. The minimum Gasteiger partial charge on any atom is -0.489 e. The first-order chi connectivity index (χ1) is 15.8. The topological polar surface area (TPSA) is 91.8 Å². The molecule has 1 saturated heterocycles. The van der Waals surface area contributed by atoms with Crippen LogP contribution in [0.1, 0.15) is 24.1 Å². The second-order valence-corrected chi connectivity index (χ2v) is 10.5. The average Bonchev–Trinajstić information content (AvgIpc) is 3.24. The van der Waals surface area contributed by atoms with Crippen molar-refractivity contribution in [1.29, 1.82) is 0 Å². The Labute approximate surface area is 193 Å². The molecule has 1 aromatic heterocycles. The van der Waals surface area contributed by atoms with Crippen LogP contribution in [0.15, 0.2) is 59.5 Å². The first-order valence-electron chi connectivity index (χ1n) is 10.8. The summed E-state index contributed by atoms with van der Waals surface area (Å²) in [7, 11) is -2.33. The van der Waals surface area contributed by atoms with E-state index in [-0.39, 0.29) is 23.7 Å². The van der Waals surface area contributed by atoms with Crippen LogP contribution >= 0.6 is 0 Å². The summed E-state index contributed by atoms with van der Waals surface area (Å²) in [6.45, 7) is 2.94. The summed E-state index contributed by atoms with van der Waals surface area (Å²) >= 11 is 0. The second-order valence-electron chi connectivity index (χ2n) is 8.51. The number of benzene rings is 2. The summed E-state index contributed by atoms with van der Waals surface area (Å²) in [5.41, 5.74) is 2.07. The Morgan fingerprint density at radius 3 is 2.61 bits per heavy atom. The highest BCUT2D eigenvalue weighted by Crippen LogP contribution is 2.36. The van der Waals surface area contributed by atoms with Gasteiger partial charge in [-0.2, -0.15) is 0 Å². The van der Waals surface area contributed by atoms with Gasteiger partial charge >= 0.3 is 5.97 Å². The number of esters is 1. The second kappa shape index (κ2) is 9.49. The fourth-order valence-corrected chi connectivity index (χ4v) is 6.09. The van der Waals surface area contributed by atoms with E-state index < -0.39 is 21.2 Å². The molecule has 0 saturated carbocycles. The van der Waals surface area contributed by atoms with E-state index in [2.05, 4.69) is 4.98 Å². The summed E-state index contributed by atoms with van der Waals surface area (Å²) < 4.78 is 42.3. The molecule has 4 rings (SSSR count). The maximum Gasteiger partial charge on any atom is 0.306 e. The third-order valence-corrected chi connectivity index (χ3v) is 7.92. The molecule has 174 valence electrons. The Bertz CT molecular complexity index is 1250. The van der Waals surface area contributed by atoms with E-state index in [1.165, 1.54) is 7.11 Å². The van der Waals surface area contributed by atoms with Crippen LogP contribution in [-0.4, -0.2) is 45.4 Å². The molecule has 33 heavy (non-hydrogen) atoms. The van der Waals surface area contributed by atoms with E-state index in [0.29, 0.717) is 25.4 Å². The lowest BCUT2D eigenvalue weighted by Crippen LogP contribution is -2.33. The van der Waals surface area contributed by atoms with E-state index in [0.717, 1.165) is 22.2 Å². The molecule has 1 fully saturated rings. The van der Waals surface area contributed by atoms with E-state index in [9.17, 15) is 13.2 Å². The predicted molar refractivity (Wildman–Crippen MR) is 124 cm³/mol. The van der Waals surface area contributed by atoms with Gasteiger partial charge in [0, 0.05) is 28.7 Å². The molecular formula is C25H27NO6S. The largest absolute Gasteiger partial charge is 0.489 e. The molecule has 0 N–H and O–H groups in total. The fraction of sp³-hybridized carbons (Fsp3) is 0.360. The zero-order chi connectivity index (χ0) is 23.5. The lowest BCUT2D eigenvalue weighted by molar-refractivity contribution is -0.143. The molecular weight excluding hydrogens is 442 g/mol. The quantitative estimate of drug-likeness (QED) is 0.463. The summed E-state index contributed by atoms with van der Waals surface area (Å²) in [5.74, 6) is -0.0308. The van der Waals surface area contributed by atoms with E-state index in [1.54, 1.807) is 24.3 Å². The molecule has 1 unspecified atom stereocenters. The first kappa shape index (κ1) is 23.2. The van der Waals surface area contributed by atoms with Crippen LogP contribution < -0.4 is 4.74 Å². The predicted octanol–water partition coefficient (Wildman–Crippen LogP) is 3.87. The molecule has 1 aliphatic rings. The average molecular weight is 470 g/mol. The van der Waals surface area contributed by atoms with Crippen LogP contribution in [0.3, 0.4) is 0 Å². The van der Waals surface area contributed by atoms with Crippen molar-refractivity contribution in [3.63, 3.8) is 0 Å². The molecule has 2 heterocycles. The minimum absolute atomic E-state index is 0.0171. The highest BCUT2D eigenvalue weighted by molar-refractivity contribution is 7.91. The molecule has 0 spiro atoms. The number of hydrogen-bond donors (Lipinski definition) is 0. The molecule has 0 aliphatic carbocycles. The van der Waals surface area contributed by atoms with Gasteiger partial charge in [-0.25, -0.2) is 8.42 Å². The molecule has 3 aromatic rings. The maximum absolute atomic E-state index is 13.1. The van der Waals surface area contributed by atoms with Gasteiger partial charge in [-0.15, -0.1) is 0 Å². The standard InChI is InChI=1S/C25H27NO6S/c1-18-13-19(22-5-3-4-6-23(22)26-18)15-32-20-7-9-21(10-8-20)33(28,29)17-25(11-12-31-16-25)14-24(27)30-2/h3-10,13H,11-12,14-17H2,1-2H3. The Morgan fingerprint density at radius 1 is 1.15 bits per heavy atom. The van der Waals surface area contributed by atoms with Crippen molar-refractivity contribution in [1.82, 2.24) is 4.98 Å². The number of aromatic nitrogens is 1. The Hall–Kier alpha value is -2.97. The molecule has 2 aromatic carbocycles. The third-order valence-electron chi connectivity index (χ3n) is 5.94. The van der Waals surface area contributed by atoms with E-state index in [1.807, 2.05) is 37.3 Å². The van der Waals surface area contributed by atoms with Gasteiger partial charge in [-0.3, -0.25) is 9.78 Å². The van der Waals surface area contributed by atoms with Gasteiger partial charge in [0.05, 0.1) is 36.3 Å². The molecule has 0 amide bonds. The van der Waals surface area contributed by atoms with Crippen LogP contribution in [-0.2, 0) is 30.7 Å². The number of pyridine rings is 1. The lowest BCUT2D eigenvalue weighted by atomic mass is 9.86. The number of hydrogen-bond acceptors (Lipinski definition) is 7. The van der Waals surface area contributed by atoms with Crippen LogP contribution in [0.2, 0.25) is 0 Å². The minimum atomic E-state index is -3.63. The lowest BCUT2D eigenvalue weighted by Gasteiger charge is -2.25. The number of carbonyl (C=O) groups is 1. The zero-order valence-electron chi connectivity index (χ0n) is 18.7. The zero-order valence-corrected chi connectivity index (χ0v) is 19.6. The Balaban J connectivity index is 1.47. The summed E-state index contributed by atoms with van der Waals surface area (Å²) in [6, 6.07) is 16.3.